The van der Waals surface area contributed by atoms with Gasteiger partial charge < -0.3 is 16.2 Å². The van der Waals surface area contributed by atoms with Gasteiger partial charge in [0.2, 0.25) is 5.91 Å². The quantitative estimate of drug-likeness (QED) is 0.668. The van der Waals surface area contributed by atoms with Gasteiger partial charge in [0.1, 0.15) is 6.04 Å². The molecule has 0 aliphatic carbocycles. The van der Waals surface area contributed by atoms with Crippen LogP contribution in [-0.4, -0.2) is 23.0 Å². The number of benzene rings is 1. The minimum Gasteiger partial charge on any atom is -0.480 e. The first-order chi connectivity index (χ1) is 7.09. The van der Waals surface area contributed by atoms with Crippen LogP contribution in [0.5, 0.6) is 0 Å². The zero-order chi connectivity index (χ0) is 11.3. The van der Waals surface area contributed by atoms with Gasteiger partial charge in [0, 0.05) is 5.69 Å². The predicted octanol–water partition coefficient (Wildman–Crippen LogP) is 0.427. The summed E-state index contributed by atoms with van der Waals surface area (Å²) in [7, 11) is 0. The van der Waals surface area contributed by atoms with Crippen LogP contribution >= 0.6 is 0 Å². The van der Waals surface area contributed by atoms with Crippen LogP contribution in [0.15, 0.2) is 30.3 Å². The lowest BCUT2D eigenvalue weighted by Crippen LogP contribution is -2.34. The van der Waals surface area contributed by atoms with E-state index < -0.39 is 17.9 Å². The molecule has 5 heteroatoms. The van der Waals surface area contributed by atoms with Gasteiger partial charge in [-0.05, 0) is 12.1 Å². The molecule has 0 aliphatic heterocycles. The van der Waals surface area contributed by atoms with E-state index in [1.54, 1.807) is 24.3 Å². The van der Waals surface area contributed by atoms with E-state index in [0.29, 0.717) is 5.69 Å². The van der Waals surface area contributed by atoms with Crippen molar-refractivity contribution in [2.24, 2.45) is 5.73 Å². The predicted molar refractivity (Wildman–Crippen MR) is 55.3 cm³/mol. The summed E-state index contributed by atoms with van der Waals surface area (Å²) in [5.41, 5.74) is 5.84. The van der Waals surface area contributed by atoms with Crippen LogP contribution < -0.4 is 11.1 Å². The number of anilines is 1. The normalized spacial score (nSPS) is 11.8. The lowest BCUT2D eigenvalue weighted by Gasteiger charge is -2.07. The fourth-order valence-corrected chi connectivity index (χ4v) is 1.02. The van der Waals surface area contributed by atoms with Crippen molar-refractivity contribution in [3.8, 4) is 0 Å². The maximum atomic E-state index is 11.3. The Balaban J connectivity index is 2.47. The number of carboxylic acid groups (broad SMARTS) is 1. The molecule has 0 fully saturated rings. The Hall–Kier alpha value is -1.88. The lowest BCUT2D eigenvalue weighted by atomic mass is 10.2. The Morgan fingerprint density at radius 3 is 2.47 bits per heavy atom. The van der Waals surface area contributed by atoms with Gasteiger partial charge in [-0.25, -0.2) is 0 Å². The zero-order valence-electron chi connectivity index (χ0n) is 8.01. The number of carbonyl (C=O) groups excluding carboxylic acids is 1. The van der Waals surface area contributed by atoms with Crippen molar-refractivity contribution < 1.29 is 14.7 Å². The Kier molecular flexibility index (Phi) is 3.82. The molecule has 0 saturated carbocycles. The Morgan fingerprint density at radius 1 is 1.33 bits per heavy atom. The van der Waals surface area contributed by atoms with Crippen molar-refractivity contribution in [2.45, 2.75) is 12.5 Å². The average molecular weight is 208 g/mol. The number of hydrogen-bond donors (Lipinski definition) is 3. The van der Waals surface area contributed by atoms with E-state index in [1.807, 2.05) is 6.07 Å². The minimum absolute atomic E-state index is 0.232. The number of carboxylic acids is 1. The molecule has 0 spiro atoms. The third-order valence-corrected chi connectivity index (χ3v) is 1.78. The van der Waals surface area contributed by atoms with Gasteiger partial charge in [0.15, 0.2) is 0 Å². The largest absolute Gasteiger partial charge is 0.480 e. The highest BCUT2D eigenvalue weighted by atomic mass is 16.4. The van der Waals surface area contributed by atoms with Gasteiger partial charge in [-0.2, -0.15) is 0 Å². The molecule has 80 valence electrons. The van der Waals surface area contributed by atoms with Crippen LogP contribution in [0.1, 0.15) is 6.42 Å². The summed E-state index contributed by atoms with van der Waals surface area (Å²) in [6, 6.07) is 7.63. The number of nitrogens with one attached hydrogen (secondary N) is 1. The molecule has 4 N–H and O–H groups in total. The molecule has 0 bridgehead atoms. The second-order valence-electron chi connectivity index (χ2n) is 3.06. The van der Waals surface area contributed by atoms with Gasteiger partial charge in [-0.3, -0.25) is 9.59 Å². The second-order valence-corrected chi connectivity index (χ2v) is 3.06. The number of carbonyl (C=O) groups is 2. The summed E-state index contributed by atoms with van der Waals surface area (Å²) in [4.78, 5) is 21.7. The fourth-order valence-electron chi connectivity index (χ4n) is 1.02. The SMILES string of the molecule is NC(CC(=O)Nc1ccccc1)C(=O)O. The molecule has 1 rings (SSSR count). The van der Waals surface area contributed by atoms with E-state index in [0.717, 1.165) is 0 Å². The molecule has 0 heterocycles. The number of hydrogen-bond acceptors (Lipinski definition) is 3. The monoisotopic (exact) mass is 208 g/mol. The fraction of sp³-hybridized carbons (Fsp3) is 0.200. The van der Waals surface area contributed by atoms with Gasteiger partial charge in [0.05, 0.1) is 6.42 Å². The molecule has 5 nitrogen and oxygen atoms in total. The van der Waals surface area contributed by atoms with Crippen LogP contribution in [0, 0.1) is 0 Å². The summed E-state index contributed by atoms with van der Waals surface area (Å²) in [5, 5.41) is 11.0. The number of aliphatic carboxylic acids is 1. The molecule has 15 heavy (non-hydrogen) atoms. The van der Waals surface area contributed by atoms with Crippen LogP contribution in [0.3, 0.4) is 0 Å². The van der Waals surface area contributed by atoms with Crippen LogP contribution in [0.4, 0.5) is 5.69 Å². The molecule has 1 aromatic carbocycles. The summed E-state index contributed by atoms with van der Waals surface area (Å²) in [6.07, 6.45) is -0.232. The second kappa shape index (κ2) is 5.11. The number of nitrogens with two attached hydrogens (primary N) is 1. The minimum atomic E-state index is -1.18. The Morgan fingerprint density at radius 2 is 1.93 bits per heavy atom. The van der Waals surface area contributed by atoms with Crippen LogP contribution in [-0.2, 0) is 9.59 Å². The van der Waals surface area contributed by atoms with E-state index in [4.69, 9.17) is 10.8 Å². The van der Waals surface area contributed by atoms with Crippen molar-refractivity contribution in [2.75, 3.05) is 5.32 Å². The van der Waals surface area contributed by atoms with Crippen molar-refractivity contribution in [3.05, 3.63) is 30.3 Å². The summed E-state index contributed by atoms with van der Waals surface area (Å²) >= 11 is 0. The molecule has 0 radical (unpaired) electrons. The number of para-hydroxylation sites is 1. The Labute approximate surface area is 86.9 Å². The molecule has 1 amide bonds. The van der Waals surface area contributed by atoms with E-state index in [-0.39, 0.29) is 6.42 Å². The number of amides is 1. The van der Waals surface area contributed by atoms with Gasteiger partial charge >= 0.3 is 5.97 Å². The summed E-state index contributed by atoms with van der Waals surface area (Å²) < 4.78 is 0. The third kappa shape index (κ3) is 3.78. The van der Waals surface area contributed by atoms with Crippen molar-refractivity contribution >= 4 is 17.6 Å². The molecule has 0 aliphatic rings. The van der Waals surface area contributed by atoms with Crippen molar-refractivity contribution in [1.29, 1.82) is 0 Å². The zero-order valence-corrected chi connectivity index (χ0v) is 8.01. The highest BCUT2D eigenvalue weighted by molar-refractivity contribution is 5.93. The number of rotatable bonds is 4. The highest BCUT2D eigenvalue weighted by Crippen LogP contribution is 2.05. The summed E-state index contributed by atoms with van der Waals surface area (Å²) in [5.74, 6) is -1.59. The molecule has 1 aromatic rings. The third-order valence-electron chi connectivity index (χ3n) is 1.78. The molecular formula is C10H12N2O3. The van der Waals surface area contributed by atoms with Crippen LogP contribution in [0.25, 0.3) is 0 Å². The lowest BCUT2D eigenvalue weighted by molar-refractivity contribution is -0.140. The standard InChI is InChI=1S/C10H12N2O3/c11-8(10(14)15)6-9(13)12-7-4-2-1-3-5-7/h1-5,8H,6,11H2,(H,12,13)(H,14,15). The summed E-state index contributed by atoms with van der Waals surface area (Å²) in [6.45, 7) is 0. The van der Waals surface area contributed by atoms with Crippen molar-refractivity contribution in [1.82, 2.24) is 0 Å². The first-order valence-electron chi connectivity index (χ1n) is 4.43. The van der Waals surface area contributed by atoms with Gasteiger partial charge in [0.25, 0.3) is 0 Å². The van der Waals surface area contributed by atoms with E-state index >= 15 is 0 Å². The molecule has 0 aromatic heterocycles. The maximum Gasteiger partial charge on any atom is 0.321 e. The van der Waals surface area contributed by atoms with E-state index in [9.17, 15) is 9.59 Å². The molecule has 1 atom stereocenters. The molecular weight excluding hydrogens is 196 g/mol. The Bertz CT molecular complexity index is 351. The average Bonchev–Trinajstić information content (AvgIpc) is 2.18. The maximum absolute atomic E-state index is 11.3. The molecule has 0 saturated heterocycles. The van der Waals surface area contributed by atoms with Crippen LogP contribution in [0.2, 0.25) is 0 Å². The van der Waals surface area contributed by atoms with E-state index in [1.165, 1.54) is 0 Å². The van der Waals surface area contributed by atoms with Gasteiger partial charge in [-0.1, -0.05) is 18.2 Å². The van der Waals surface area contributed by atoms with Gasteiger partial charge in [-0.15, -0.1) is 0 Å². The highest BCUT2D eigenvalue weighted by Gasteiger charge is 2.15. The van der Waals surface area contributed by atoms with E-state index in [2.05, 4.69) is 5.32 Å². The molecule has 1 unspecified atom stereocenters. The smallest absolute Gasteiger partial charge is 0.321 e. The van der Waals surface area contributed by atoms with Crippen molar-refractivity contribution in [3.63, 3.8) is 0 Å². The topological polar surface area (TPSA) is 92.4 Å². The first-order valence-corrected chi connectivity index (χ1v) is 4.43. The first kappa shape index (κ1) is 11.2.